The number of amides is 1. The van der Waals surface area contributed by atoms with E-state index in [1.165, 1.54) is 0 Å². The lowest BCUT2D eigenvalue weighted by Crippen LogP contribution is -2.45. The molecule has 5 heteroatoms. The number of alkyl carbamates (subject to hydrolysis) is 1. The summed E-state index contributed by atoms with van der Waals surface area (Å²) in [5, 5.41) is 12.3. The maximum absolute atomic E-state index is 11.2. The quantitative estimate of drug-likeness (QED) is 0.679. The molecule has 1 fully saturated rings. The van der Waals surface area contributed by atoms with Gasteiger partial charge in [-0.15, -0.1) is 0 Å². The van der Waals surface area contributed by atoms with Crippen molar-refractivity contribution in [3.8, 4) is 0 Å². The number of ether oxygens (including phenoxy) is 2. The summed E-state index contributed by atoms with van der Waals surface area (Å²) in [7, 11) is 1.55. The molecule has 0 aromatic carbocycles. The van der Waals surface area contributed by atoms with Crippen LogP contribution in [-0.2, 0) is 9.47 Å². The van der Waals surface area contributed by atoms with Crippen molar-refractivity contribution in [1.29, 1.82) is 0 Å². The Hall–Kier alpha value is -0.810. The zero-order chi connectivity index (χ0) is 11.1. The summed E-state index contributed by atoms with van der Waals surface area (Å²) < 4.78 is 9.60. The molecule has 5 nitrogen and oxygen atoms in total. The lowest BCUT2D eigenvalue weighted by molar-refractivity contribution is 0.0691. The number of aliphatic hydroxyl groups excluding tert-OH is 1. The zero-order valence-corrected chi connectivity index (χ0v) is 9.07. The summed E-state index contributed by atoms with van der Waals surface area (Å²) in [6.07, 6.45) is 2.73. The van der Waals surface area contributed by atoms with Gasteiger partial charge in [0.15, 0.2) is 0 Å². The largest absolute Gasteiger partial charge is 0.447 e. The summed E-state index contributed by atoms with van der Waals surface area (Å²) in [5.74, 6) is 0. The Balaban J connectivity index is 2.18. The van der Waals surface area contributed by atoms with Gasteiger partial charge in [0, 0.05) is 7.11 Å². The van der Waals surface area contributed by atoms with Crippen LogP contribution < -0.4 is 5.32 Å². The summed E-state index contributed by atoms with van der Waals surface area (Å²) in [6, 6.07) is -0.159. The third kappa shape index (κ3) is 4.48. The number of rotatable bonds is 4. The molecule has 15 heavy (non-hydrogen) atoms. The number of nitrogens with one attached hydrogen (secondary N) is 1. The van der Waals surface area contributed by atoms with Gasteiger partial charge in [-0.05, 0) is 12.8 Å². The Morgan fingerprint density at radius 3 is 2.80 bits per heavy atom. The van der Waals surface area contributed by atoms with Crippen molar-refractivity contribution in [2.75, 3.05) is 20.3 Å². The maximum atomic E-state index is 11.2. The molecule has 0 radical (unpaired) electrons. The third-order valence-electron chi connectivity index (χ3n) is 2.55. The summed E-state index contributed by atoms with van der Waals surface area (Å²) in [6.45, 7) is 0.631. The molecule has 1 rings (SSSR count). The van der Waals surface area contributed by atoms with Crippen molar-refractivity contribution in [2.24, 2.45) is 0 Å². The van der Waals surface area contributed by atoms with Crippen LogP contribution in [0.3, 0.4) is 0 Å². The van der Waals surface area contributed by atoms with Gasteiger partial charge in [-0.25, -0.2) is 4.79 Å². The first kappa shape index (κ1) is 12.3. The highest BCUT2D eigenvalue weighted by Crippen LogP contribution is 2.18. The maximum Gasteiger partial charge on any atom is 0.407 e. The van der Waals surface area contributed by atoms with Crippen LogP contribution in [0.25, 0.3) is 0 Å². The van der Waals surface area contributed by atoms with E-state index in [1.807, 2.05) is 0 Å². The predicted octanol–water partition coefficient (Wildman–Crippen LogP) is 0.662. The van der Waals surface area contributed by atoms with E-state index >= 15 is 0 Å². The van der Waals surface area contributed by atoms with Crippen LogP contribution >= 0.6 is 0 Å². The molecular weight excluding hydrogens is 198 g/mol. The average Bonchev–Trinajstić information content (AvgIpc) is 2.22. The monoisotopic (exact) mass is 217 g/mol. The van der Waals surface area contributed by atoms with Crippen molar-refractivity contribution < 1.29 is 19.4 Å². The van der Waals surface area contributed by atoms with Gasteiger partial charge in [0.25, 0.3) is 0 Å². The van der Waals surface area contributed by atoms with Gasteiger partial charge in [-0.3, -0.25) is 0 Å². The van der Waals surface area contributed by atoms with E-state index in [1.54, 1.807) is 7.11 Å². The van der Waals surface area contributed by atoms with E-state index < -0.39 is 12.2 Å². The Kier molecular flexibility index (Phi) is 5.42. The fraction of sp³-hybridized carbons (Fsp3) is 0.900. The minimum absolute atomic E-state index is 0.159. The highest BCUT2D eigenvalue weighted by molar-refractivity contribution is 5.67. The van der Waals surface area contributed by atoms with Gasteiger partial charge in [-0.1, -0.05) is 12.8 Å². The highest BCUT2D eigenvalue weighted by atomic mass is 16.6. The molecule has 1 saturated carbocycles. The van der Waals surface area contributed by atoms with Crippen LogP contribution in [0.2, 0.25) is 0 Å². The smallest absolute Gasteiger partial charge is 0.407 e. The van der Waals surface area contributed by atoms with Gasteiger partial charge in [0.05, 0.1) is 18.8 Å². The second kappa shape index (κ2) is 6.63. The van der Waals surface area contributed by atoms with Crippen LogP contribution in [0.4, 0.5) is 4.79 Å². The summed E-state index contributed by atoms with van der Waals surface area (Å²) >= 11 is 0. The van der Waals surface area contributed by atoms with E-state index in [4.69, 9.17) is 9.47 Å². The molecule has 2 N–H and O–H groups in total. The lowest BCUT2D eigenvalue weighted by Gasteiger charge is -2.27. The van der Waals surface area contributed by atoms with Crippen LogP contribution in [0, 0.1) is 0 Å². The molecule has 1 aliphatic carbocycles. The molecule has 0 aromatic heterocycles. The number of hydrogen-bond acceptors (Lipinski definition) is 4. The van der Waals surface area contributed by atoms with Crippen molar-refractivity contribution >= 4 is 6.09 Å². The zero-order valence-electron chi connectivity index (χ0n) is 9.07. The fourth-order valence-corrected chi connectivity index (χ4v) is 1.69. The van der Waals surface area contributed by atoms with Crippen molar-refractivity contribution in [2.45, 2.75) is 37.8 Å². The highest BCUT2D eigenvalue weighted by Gasteiger charge is 2.24. The van der Waals surface area contributed by atoms with Gasteiger partial charge in [0.2, 0.25) is 0 Å². The molecule has 0 bridgehead atoms. The molecule has 1 aliphatic rings. The Labute approximate surface area is 89.8 Å². The third-order valence-corrected chi connectivity index (χ3v) is 2.55. The molecule has 0 saturated heterocycles. The molecular formula is C10H19NO4. The SMILES string of the molecule is COCCOC(=O)NC1CCCCC1O. The number of aliphatic hydroxyl groups is 1. The van der Waals surface area contributed by atoms with E-state index in [9.17, 15) is 9.90 Å². The number of hydrogen-bond donors (Lipinski definition) is 2. The van der Waals surface area contributed by atoms with Crippen LogP contribution in [-0.4, -0.2) is 43.7 Å². The molecule has 2 unspecified atom stereocenters. The molecule has 88 valence electrons. The van der Waals surface area contributed by atoms with Crippen LogP contribution in [0.1, 0.15) is 25.7 Å². The Bertz CT molecular complexity index is 198. The Morgan fingerprint density at radius 2 is 2.13 bits per heavy atom. The lowest BCUT2D eigenvalue weighted by atomic mass is 9.93. The molecule has 0 heterocycles. The number of methoxy groups -OCH3 is 1. The minimum Gasteiger partial charge on any atom is -0.447 e. The molecule has 0 aromatic rings. The van der Waals surface area contributed by atoms with Gasteiger partial charge in [0.1, 0.15) is 6.61 Å². The number of carbonyl (C=O) groups is 1. The minimum atomic E-state index is -0.474. The van der Waals surface area contributed by atoms with Gasteiger partial charge in [-0.2, -0.15) is 0 Å². The topological polar surface area (TPSA) is 67.8 Å². The van der Waals surface area contributed by atoms with E-state index in [2.05, 4.69) is 5.32 Å². The standard InChI is InChI=1S/C10H19NO4/c1-14-6-7-15-10(13)11-8-4-2-3-5-9(8)12/h8-9,12H,2-7H2,1H3,(H,11,13). The van der Waals surface area contributed by atoms with Gasteiger partial charge >= 0.3 is 6.09 Å². The first-order valence-corrected chi connectivity index (χ1v) is 5.34. The normalized spacial score (nSPS) is 26.0. The molecule has 2 atom stereocenters. The average molecular weight is 217 g/mol. The van der Waals surface area contributed by atoms with E-state index in [0.717, 1.165) is 25.7 Å². The molecule has 0 aliphatic heterocycles. The second-order valence-corrected chi connectivity index (χ2v) is 3.73. The first-order chi connectivity index (χ1) is 7.24. The van der Waals surface area contributed by atoms with E-state index in [-0.39, 0.29) is 12.6 Å². The predicted molar refractivity (Wildman–Crippen MR) is 54.6 cm³/mol. The number of carbonyl (C=O) groups excluding carboxylic acids is 1. The second-order valence-electron chi connectivity index (χ2n) is 3.73. The van der Waals surface area contributed by atoms with Crippen molar-refractivity contribution in [3.05, 3.63) is 0 Å². The van der Waals surface area contributed by atoms with Gasteiger partial charge < -0.3 is 19.9 Å². The summed E-state index contributed by atoms with van der Waals surface area (Å²) in [5.41, 5.74) is 0. The molecule has 1 amide bonds. The first-order valence-electron chi connectivity index (χ1n) is 5.34. The van der Waals surface area contributed by atoms with Crippen LogP contribution in [0.15, 0.2) is 0 Å². The van der Waals surface area contributed by atoms with Crippen LogP contribution in [0.5, 0.6) is 0 Å². The molecule has 0 spiro atoms. The summed E-state index contributed by atoms with van der Waals surface area (Å²) in [4.78, 5) is 11.2. The fourth-order valence-electron chi connectivity index (χ4n) is 1.69. The van der Waals surface area contributed by atoms with Crippen molar-refractivity contribution in [1.82, 2.24) is 5.32 Å². The Morgan fingerprint density at radius 1 is 1.40 bits per heavy atom. The van der Waals surface area contributed by atoms with Crippen molar-refractivity contribution in [3.63, 3.8) is 0 Å². The van der Waals surface area contributed by atoms with E-state index in [0.29, 0.717) is 6.61 Å².